The maximum absolute atomic E-state index is 6.60. The van der Waals surface area contributed by atoms with Crippen LogP contribution in [0.3, 0.4) is 0 Å². The molecule has 0 aromatic rings. The van der Waals surface area contributed by atoms with E-state index >= 15 is 0 Å². The summed E-state index contributed by atoms with van der Waals surface area (Å²) in [6, 6.07) is 0. The van der Waals surface area contributed by atoms with Gasteiger partial charge < -0.3 is 0 Å². The largest absolute Gasteiger partial charge is 0.172 e. The van der Waals surface area contributed by atoms with Crippen LogP contribution in [0.2, 0.25) is 32.7 Å². The molecule has 0 aliphatic heterocycles. The Bertz CT molecular complexity index is 207. The van der Waals surface area contributed by atoms with Crippen molar-refractivity contribution in [3.8, 4) is 0 Å². The molecule has 0 heterocycles. The van der Waals surface area contributed by atoms with Crippen molar-refractivity contribution in [1.29, 1.82) is 0 Å². The summed E-state index contributed by atoms with van der Waals surface area (Å²) < 4.78 is 0. The molecule has 0 aliphatic carbocycles. The van der Waals surface area contributed by atoms with E-state index in [9.17, 15) is 0 Å². The van der Waals surface area contributed by atoms with Crippen LogP contribution in [0.25, 0.3) is 0 Å². The lowest BCUT2D eigenvalue weighted by Gasteiger charge is -2.32. The van der Waals surface area contributed by atoms with Crippen molar-refractivity contribution < 1.29 is 0 Å². The van der Waals surface area contributed by atoms with E-state index in [0.717, 1.165) is 0 Å². The van der Waals surface area contributed by atoms with Crippen molar-refractivity contribution in [2.45, 2.75) is 53.5 Å². The van der Waals surface area contributed by atoms with Gasteiger partial charge in [0.1, 0.15) is 0 Å². The fourth-order valence-electron chi connectivity index (χ4n) is 1.71. The monoisotopic (exact) mass is 248 g/mol. The van der Waals surface area contributed by atoms with Crippen LogP contribution in [0.4, 0.5) is 0 Å². The highest BCUT2D eigenvalue weighted by Gasteiger charge is 2.34. The second-order valence-corrected chi connectivity index (χ2v) is 18.5. The first kappa shape index (κ1) is 14.5. The molecule has 0 aromatic carbocycles. The van der Waals surface area contributed by atoms with E-state index in [4.69, 9.17) is 11.1 Å². The highest BCUT2D eigenvalue weighted by atomic mass is 35.6. The first-order valence-electron chi connectivity index (χ1n) is 5.27. The highest BCUT2D eigenvalue weighted by molar-refractivity contribution is 7.29. The van der Waals surface area contributed by atoms with Crippen LogP contribution in [0, 0.1) is 5.41 Å². The summed E-state index contributed by atoms with van der Waals surface area (Å²) >= 11 is 6.60. The van der Waals surface area contributed by atoms with E-state index in [2.05, 4.69) is 59.6 Å². The smallest absolute Gasteiger partial charge is 0.162 e. The molecule has 0 saturated heterocycles. The van der Waals surface area contributed by atoms with E-state index in [1.54, 1.807) is 4.82 Å². The topological polar surface area (TPSA) is 0 Å². The molecule has 3 heteroatoms. The third kappa shape index (κ3) is 5.37. The molecular formula is C11H25ClSi2. The molecule has 0 radical (unpaired) electrons. The molecule has 0 N–H and O–H groups in total. The molecule has 0 spiro atoms. The average molecular weight is 249 g/mol. The van der Waals surface area contributed by atoms with E-state index in [1.165, 1.54) is 0 Å². The van der Waals surface area contributed by atoms with Crippen molar-refractivity contribution in [1.82, 2.24) is 0 Å². The lowest BCUT2D eigenvalue weighted by molar-refractivity contribution is 0.543. The number of halogens is 1. The number of allylic oxidation sites excluding steroid dienone is 1. The van der Waals surface area contributed by atoms with Gasteiger partial charge in [-0.1, -0.05) is 64.4 Å². The number of hydrogen-bond acceptors (Lipinski definition) is 0. The molecule has 0 rings (SSSR count). The Balaban J connectivity index is 5.26. The number of hydrogen-bond donors (Lipinski definition) is 0. The Labute approximate surface area is 96.5 Å². The van der Waals surface area contributed by atoms with Crippen LogP contribution >= 0.6 is 11.1 Å². The Morgan fingerprint density at radius 2 is 1.36 bits per heavy atom. The normalized spacial score (nSPS) is 15.9. The molecule has 0 amide bonds. The van der Waals surface area contributed by atoms with Gasteiger partial charge in [0, 0.05) is 0 Å². The fourth-order valence-corrected chi connectivity index (χ4v) is 13.2. The third-order valence-corrected chi connectivity index (χ3v) is 10.4. The predicted molar refractivity (Wildman–Crippen MR) is 74.2 cm³/mol. The van der Waals surface area contributed by atoms with Crippen LogP contribution in [0.15, 0.2) is 10.9 Å². The SMILES string of the molecule is CC(C)(C)C=C([Si](C)(C)C)[Si](C)(C)Cl. The molecule has 0 nitrogen and oxygen atoms in total. The van der Waals surface area contributed by atoms with Gasteiger partial charge in [0.25, 0.3) is 0 Å². The van der Waals surface area contributed by atoms with Crippen LogP contribution in [-0.2, 0) is 0 Å². The minimum atomic E-state index is -1.64. The van der Waals surface area contributed by atoms with Gasteiger partial charge in [0.05, 0.1) is 8.07 Å². The first-order valence-corrected chi connectivity index (χ1v) is 12.8. The predicted octanol–water partition coefficient (Wildman–Crippen LogP) is 4.82. The lowest BCUT2D eigenvalue weighted by Crippen LogP contribution is -2.39. The standard InChI is InChI=1S/C11H25ClSi2/c1-11(2,3)9-10(13(4,5)6)14(7,8)12/h9H,1-8H3. The summed E-state index contributed by atoms with van der Waals surface area (Å²) in [4.78, 5) is 1.60. The van der Waals surface area contributed by atoms with Gasteiger partial charge in [-0.3, -0.25) is 0 Å². The minimum absolute atomic E-state index is 0.259. The third-order valence-electron chi connectivity index (χ3n) is 2.03. The maximum atomic E-state index is 6.60. The highest BCUT2D eigenvalue weighted by Crippen LogP contribution is 2.32. The van der Waals surface area contributed by atoms with Crippen molar-refractivity contribution in [2.24, 2.45) is 5.41 Å². The average Bonchev–Trinajstić information content (AvgIpc) is 1.75. The zero-order valence-electron chi connectivity index (χ0n) is 11.0. The van der Waals surface area contributed by atoms with Gasteiger partial charge >= 0.3 is 0 Å². The maximum Gasteiger partial charge on any atom is 0.172 e. The molecule has 0 aliphatic rings. The fraction of sp³-hybridized carbons (Fsp3) is 0.818. The van der Waals surface area contributed by atoms with Crippen LogP contribution < -0.4 is 0 Å². The molecule has 0 aromatic heterocycles. The zero-order valence-corrected chi connectivity index (χ0v) is 13.7. The van der Waals surface area contributed by atoms with Crippen molar-refractivity contribution >= 4 is 26.5 Å². The van der Waals surface area contributed by atoms with E-state index in [1.807, 2.05) is 0 Å². The Kier molecular flexibility index (Phi) is 4.28. The van der Waals surface area contributed by atoms with Crippen molar-refractivity contribution in [3.05, 3.63) is 10.9 Å². The minimum Gasteiger partial charge on any atom is -0.162 e. The first-order chi connectivity index (χ1) is 5.84. The van der Waals surface area contributed by atoms with Crippen molar-refractivity contribution in [3.63, 3.8) is 0 Å². The second kappa shape index (κ2) is 4.14. The van der Waals surface area contributed by atoms with Gasteiger partial charge in [0.15, 0.2) is 7.38 Å². The van der Waals surface area contributed by atoms with Crippen molar-refractivity contribution in [2.75, 3.05) is 0 Å². The summed E-state index contributed by atoms with van der Waals surface area (Å²) in [6.45, 7) is 18.4. The summed E-state index contributed by atoms with van der Waals surface area (Å²) in [6.07, 6.45) is 2.43. The molecule has 0 unspecified atom stereocenters. The van der Waals surface area contributed by atoms with Crippen LogP contribution in [-0.4, -0.2) is 15.5 Å². The van der Waals surface area contributed by atoms with E-state index in [0.29, 0.717) is 0 Å². The summed E-state index contributed by atoms with van der Waals surface area (Å²) in [5, 5.41) is 0. The van der Waals surface area contributed by atoms with Gasteiger partial charge in [-0.05, 0) is 5.41 Å². The van der Waals surface area contributed by atoms with E-state index < -0.39 is 15.5 Å². The molecule has 0 saturated carbocycles. The summed E-state index contributed by atoms with van der Waals surface area (Å²) in [7, 11) is -2.88. The molecule has 0 bridgehead atoms. The Morgan fingerprint density at radius 1 is 1.00 bits per heavy atom. The summed E-state index contributed by atoms with van der Waals surface area (Å²) in [5.74, 6) is 0. The lowest BCUT2D eigenvalue weighted by atomic mass is 9.98. The number of rotatable bonds is 2. The molecule has 14 heavy (non-hydrogen) atoms. The van der Waals surface area contributed by atoms with Crippen LogP contribution in [0.1, 0.15) is 20.8 Å². The summed E-state index contributed by atoms with van der Waals surface area (Å²) in [5.41, 5.74) is 0.259. The van der Waals surface area contributed by atoms with Gasteiger partial charge in [-0.2, -0.15) is 11.1 Å². The second-order valence-electron chi connectivity index (χ2n) is 6.65. The van der Waals surface area contributed by atoms with E-state index in [-0.39, 0.29) is 5.41 Å². The van der Waals surface area contributed by atoms with Gasteiger partial charge in [-0.25, -0.2) is 0 Å². The van der Waals surface area contributed by atoms with Gasteiger partial charge in [0.2, 0.25) is 0 Å². The van der Waals surface area contributed by atoms with Crippen LogP contribution in [0.5, 0.6) is 0 Å². The Morgan fingerprint density at radius 3 is 1.43 bits per heavy atom. The Hall–Kier alpha value is 0.464. The van der Waals surface area contributed by atoms with Gasteiger partial charge in [-0.15, -0.1) is 0 Å². The molecule has 0 fully saturated rings. The zero-order chi connectivity index (χ0) is 11.8. The molecular weight excluding hydrogens is 224 g/mol. The molecule has 0 atom stereocenters. The quantitative estimate of drug-likeness (QED) is 0.486. The molecule has 84 valence electrons.